The molecular weight excluding hydrogens is 308 g/mol. The van der Waals surface area contributed by atoms with E-state index in [4.69, 9.17) is 4.52 Å². The van der Waals surface area contributed by atoms with Gasteiger partial charge in [0, 0.05) is 30.8 Å². The first-order valence-electron chi connectivity index (χ1n) is 8.29. The number of nitrogens with zero attached hydrogens (tertiary/aromatic N) is 4. The number of hydrogen-bond donors (Lipinski definition) is 0. The highest BCUT2D eigenvalue weighted by Crippen LogP contribution is 2.25. The van der Waals surface area contributed by atoms with Gasteiger partial charge in [0.25, 0.3) is 0 Å². The van der Waals surface area contributed by atoms with Crippen LogP contribution in [0.5, 0.6) is 0 Å². The standard InChI is InChI=1S/C17H22N4O3/c1-12(10-15(22)23-2)17-19-16(20-24-17)13-6-7-18-14(11-13)21-8-4-3-5-9-21/h6-7,11-12H,3-5,8-10H2,1-2H3/t12-/m0/s1. The van der Waals surface area contributed by atoms with Gasteiger partial charge in [-0.1, -0.05) is 12.1 Å². The molecule has 0 spiro atoms. The Morgan fingerprint density at radius 2 is 2.17 bits per heavy atom. The van der Waals surface area contributed by atoms with Gasteiger partial charge in [-0.05, 0) is 31.4 Å². The van der Waals surface area contributed by atoms with Gasteiger partial charge < -0.3 is 14.2 Å². The molecule has 0 radical (unpaired) electrons. The van der Waals surface area contributed by atoms with E-state index in [2.05, 4.69) is 24.8 Å². The molecule has 0 saturated carbocycles. The van der Waals surface area contributed by atoms with Crippen molar-refractivity contribution in [1.29, 1.82) is 0 Å². The molecule has 2 aromatic heterocycles. The second-order valence-electron chi connectivity index (χ2n) is 6.09. The van der Waals surface area contributed by atoms with Crippen LogP contribution < -0.4 is 4.90 Å². The minimum atomic E-state index is -0.293. The van der Waals surface area contributed by atoms with Crippen LogP contribution in [-0.4, -0.2) is 41.3 Å². The predicted octanol–water partition coefficient (Wildman–Crippen LogP) is 2.79. The smallest absolute Gasteiger partial charge is 0.306 e. The third kappa shape index (κ3) is 3.72. The number of carbonyl (C=O) groups is 1. The molecule has 1 saturated heterocycles. The molecule has 1 aliphatic heterocycles. The minimum absolute atomic E-state index is 0.179. The molecule has 1 atom stereocenters. The van der Waals surface area contributed by atoms with Crippen molar-refractivity contribution in [3.63, 3.8) is 0 Å². The summed E-state index contributed by atoms with van der Waals surface area (Å²) in [6.45, 7) is 3.92. The van der Waals surface area contributed by atoms with E-state index in [0.29, 0.717) is 11.7 Å². The van der Waals surface area contributed by atoms with Crippen LogP contribution in [0.3, 0.4) is 0 Å². The second kappa shape index (κ2) is 7.42. The van der Waals surface area contributed by atoms with Crippen molar-refractivity contribution >= 4 is 11.8 Å². The van der Waals surface area contributed by atoms with E-state index in [-0.39, 0.29) is 18.3 Å². The van der Waals surface area contributed by atoms with Gasteiger partial charge in [-0.2, -0.15) is 4.98 Å². The summed E-state index contributed by atoms with van der Waals surface area (Å²) in [6, 6.07) is 3.86. The Bertz CT molecular complexity index is 695. The molecule has 0 N–H and O–H groups in total. The number of piperidine rings is 1. The Labute approximate surface area is 141 Å². The summed E-state index contributed by atoms with van der Waals surface area (Å²) in [5, 5.41) is 4.04. The number of hydrogen-bond acceptors (Lipinski definition) is 7. The number of esters is 1. The van der Waals surface area contributed by atoms with Crippen molar-refractivity contribution in [2.75, 3.05) is 25.1 Å². The predicted molar refractivity (Wildman–Crippen MR) is 88.6 cm³/mol. The third-order valence-electron chi connectivity index (χ3n) is 4.25. The summed E-state index contributed by atoms with van der Waals surface area (Å²) < 4.78 is 9.98. The summed E-state index contributed by atoms with van der Waals surface area (Å²) in [6.07, 6.45) is 5.66. The highest BCUT2D eigenvalue weighted by Gasteiger charge is 2.19. The Morgan fingerprint density at radius 3 is 2.92 bits per heavy atom. The van der Waals surface area contributed by atoms with Gasteiger partial charge in [-0.15, -0.1) is 0 Å². The van der Waals surface area contributed by atoms with Gasteiger partial charge in [0.1, 0.15) is 5.82 Å². The molecule has 0 amide bonds. The van der Waals surface area contributed by atoms with E-state index in [1.54, 1.807) is 6.20 Å². The molecule has 128 valence electrons. The maximum absolute atomic E-state index is 11.4. The first kappa shape index (κ1) is 16.4. The molecule has 7 nitrogen and oxygen atoms in total. The Morgan fingerprint density at radius 1 is 1.38 bits per heavy atom. The quantitative estimate of drug-likeness (QED) is 0.780. The lowest BCUT2D eigenvalue weighted by Gasteiger charge is -2.27. The zero-order chi connectivity index (χ0) is 16.9. The number of aromatic nitrogens is 3. The fourth-order valence-electron chi connectivity index (χ4n) is 2.83. The summed E-state index contributed by atoms with van der Waals surface area (Å²) >= 11 is 0. The molecular formula is C17H22N4O3. The van der Waals surface area contributed by atoms with Crippen LogP contribution in [-0.2, 0) is 9.53 Å². The van der Waals surface area contributed by atoms with Crippen LogP contribution in [0.15, 0.2) is 22.9 Å². The maximum atomic E-state index is 11.4. The summed E-state index contributed by atoms with van der Waals surface area (Å²) in [4.78, 5) is 22.5. The highest BCUT2D eigenvalue weighted by molar-refractivity contribution is 5.70. The van der Waals surface area contributed by atoms with Crippen molar-refractivity contribution in [1.82, 2.24) is 15.1 Å². The molecule has 3 heterocycles. The fourth-order valence-corrected chi connectivity index (χ4v) is 2.83. The largest absolute Gasteiger partial charge is 0.469 e. The van der Waals surface area contributed by atoms with Crippen LogP contribution in [0.2, 0.25) is 0 Å². The van der Waals surface area contributed by atoms with Gasteiger partial charge in [0.15, 0.2) is 0 Å². The summed E-state index contributed by atoms with van der Waals surface area (Å²) in [5.41, 5.74) is 0.867. The molecule has 0 unspecified atom stereocenters. The van der Waals surface area contributed by atoms with Crippen molar-refractivity contribution in [2.45, 2.75) is 38.5 Å². The molecule has 7 heteroatoms. The number of pyridine rings is 1. The number of methoxy groups -OCH3 is 1. The van der Waals surface area contributed by atoms with Gasteiger partial charge >= 0.3 is 5.97 Å². The van der Waals surface area contributed by atoms with Gasteiger partial charge in [0.2, 0.25) is 11.7 Å². The second-order valence-corrected chi connectivity index (χ2v) is 6.09. The normalized spacial score (nSPS) is 16.0. The van der Waals surface area contributed by atoms with E-state index in [1.807, 2.05) is 19.1 Å². The SMILES string of the molecule is COC(=O)C[C@H](C)c1nc(-c2ccnc(N3CCCCC3)c2)no1. The maximum Gasteiger partial charge on any atom is 0.306 e. The van der Waals surface area contributed by atoms with Gasteiger partial charge in [0.05, 0.1) is 13.5 Å². The molecule has 0 aromatic carbocycles. The van der Waals surface area contributed by atoms with Crippen molar-refractivity contribution in [3.8, 4) is 11.4 Å². The Kier molecular flexibility index (Phi) is 5.08. The minimum Gasteiger partial charge on any atom is -0.469 e. The molecule has 0 aliphatic carbocycles. The Hall–Kier alpha value is -2.44. The lowest BCUT2D eigenvalue weighted by Crippen LogP contribution is -2.30. The average Bonchev–Trinajstić information content (AvgIpc) is 3.13. The number of rotatable bonds is 5. The third-order valence-corrected chi connectivity index (χ3v) is 4.25. The number of anilines is 1. The lowest BCUT2D eigenvalue weighted by atomic mass is 10.1. The summed E-state index contributed by atoms with van der Waals surface area (Å²) in [7, 11) is 1.37. The van der Waals surface area contributed by atoms with Crippen LogP contribution in [0.25, 0.3) is 11.4 Å². The van der Waals surface area contributed by atoms with Crippen LogP contribution in [0.4, 0.5) is 5.82 Å². The van der Waals surface area contributed by atoms with Crippen LogP contribution >= 0.6 is 0 Å². The van der Waals surface area contributed by atoms with E-state index in [1.165, 1.54) is 26.4 Å². The first-order valence-corrected chi connectivity index (χ1v) is 8.29. The van der Waals surface area contributed by atoms with Crippen LogP contribution in [0, 0.1) is 0 Å². The first-order chi connectivity index (χ1) is 11.7. The van der Waals surface area contributed by atoms with E-state index < -0.39 is 0 Å². The van der Waals surface area contributed by atoms with E-state index in [0.717, 1.165) is 24.5 Å². The lowest BCUT2D eigenvalue weighted by molar-refractivity contribution is -0.141. The molecule has 1 fully saturated rings. The zero-order valence-electron chi connectivity index (χ0n) is 14.1. The highest BCUT2D eigenvalue weighted by atomic mass is 16.5. The fraction of sp³-hybridized carbons (Fsp3) is 0.529. The molecule has 2 aromatic rings. The zero-order valence-corrected chi connectivity index (χ0v) is 14.1. The molecule has 1 aliphatic rings. The number of ether oxygens (including phenoxy) is 1. The molecule has 0 bridgehead atoms. The van der Waals surface area contributed by atoms with Crippen molar-refractivity contribution < 1.29 is 14.1 Å². The monoisotopic (exact) mass is 330 g/mol. The average molecular weight is 330 g/mol. The number of carbonyl (C=O) groups excluding carboxylic acids is 1. The van der Waals surface area contributed by atoms with Gasteiger partial charge in [-0.25, -0.2) is 4.98 Å². The van der Waals surface area contributed by atoms with Crippen LogP contribution in [0.1, 0.15) is 44.4 Å². The van der Waals surface area contributed by atoms with Gasteiger partial charge in [-0.3, -0.25) is 4.79 Å². The topological polar surface area (TPSA) is 81.4 Å². The van der Waals surface area contributed by atoms with E-state index in [9.17, 15) is 4.79 Å². The molecule has 3 rings (SSSR count). The van der Waals surface area contributed by atoms with Crippen molar-refractivity contribution in [3.05, 3.63) is 24.2 Å². The van der Waals surface area contributed by atoms with Crippen molar-refractivity contribution in [2.24, 2.45) is 0 Å². The summed E-state index contributed by atoms with van der Waals surface area (Å²) in [5.74, 6) is 1.43. The molecule has 24 heavy (non-hydrogen) atoms. The van der Waals surface area contributed by atoms with E-state index >= 15 is 0 Å². The Balaban J connectivity index is 1.76.